The Morgan fingerprint density at radius 2 is 1.83 bits per heavy atom. The van der Waals surface area contributed by atoms with E-state index < -0.39 is 0 Å². The standard InChI is InChI=1S/C20H28O4/c1-2-19(21)24-18-8-4-3-7-17(18)15-10-12-16(13-11-15)23-20-9-5-6-14-22-20/h10-13,17-18,20H,2-9,14H2,1H3/t17-,18+,20?/m1/s1. The summed E-state index contributed by atoms with van der Waals surface area (Å²) in [7, 11) is 0. The highest BCUT2D eigenvalue weighted by molar-refractivity contribution is 5.69. The van der Waals surface area contributed by atoms with Crippen molar-refractivity contribution in [1.82, 2.24) is 0 Å². The lowest BCUT2D eigenvalue weighted by molar-refractivity contribution is -0.151. The van der Waals surface area contributed by atoms with Crippen LogP contribution in [0.4, 0.5) is 0 Å². The average molecular weight is 332 g/mol. The molecule has 1 unspecified atom stereocenters. The first kappa shape index (κ1) is 17.3. The Morgan fingerprint density at radius 3 is 2.54 bits per heavy atom. The third-order valence-corrected chi connectivity index (χ3v) is 4.99. The van der Waals surface area contributed by atoms with Crippen LogP contribution in [0.25, 0.3) is 0 Å². The van der Waals surface area contributed by atoms with E-state index >= 15 is 0 Å². The van der Waals surface area contributed by atoms with Gasteiger partial charge in [0.25, 0.3) is 0 Å². The van der Waals surface area contributed by atoms with Crippen LogP contribution in [0, 0.1) is 0 Å². The van der Waals surface area contributed by atoms with Crippen molar-refractivity contribution in [1.29, 1.82) is 0 Å². The number of hydrogen-bond acceptors (Lipinski definition) is 4. The first-order valence-corrected chi connectivity index (χ1v) is 9.34. The van der Waals surface area contributed by atoms with Crippen molar-refractivity contribution in [3.8, 4) is 5.75 Å². The van der Waals surface area contributed by atoms with E-state index in [1.165, 1.54) is 12.0 Å². The van der Waals surface area contributed by atoms with Crippen molar-refractivity contribution in [3.05, 3.63) is 29.8 Å². The van der Waals surface area contributed by atoms with E-state index in [-0.39, 0.29) is 18.4 Å². The zero-order valence-electron chi connectivity index (χ0n) is 14.5. The number of hydrogen-bond donors (Lipinski definition) is 0. The molecule has 0 bridgehead atoms. The molecule has 1 aliphatic heterocycles. The van der Waals surface area contributed by atoms with Crippen LogP contribution < -0.4 is 4.74 Å². The molecule has 4 nitrogen and oxygen atoms in total. The molecule has 0 spiro atoms. The van der Waals surface area contributed by atoms with E-state index in [1.54, 1.807) is 0 Å². The topological polar surface area (TPSA) is 44.8 Å². The normalized spacial score (nSPS) is 27.5. The molecule has 0 N–H and O–H groups in total. The summed E-state index contributed by atoms with van der Waals surface area (Å²) in [5.74, 6) is 1.05. The minimum Gasteiger partial charge on any atom is -0.465 e. The minimum absolute atomic E-state index is 0.0136. The zero-order chi connectivity index (χ0) is 16.8. The number of carbonyl (C=O) groups excluding carboxylic acids is 1. The SMILES string of the molecule is CCC(=O)O[C@H]1CCCC[C@@H]1c1ccc(OC2CCCCO2)cc1. The molecule has 1 aromatic carbocycles. The maximum absolute atomic E-state index is 11.7. The minimum atomic E-state index is -0.113. The molecule has 132 valence electrons. The number of ether oxygens (including phenoxy) is 3. The van der Waals surface area contributed by atoms with Gasteiger partial charge in [-0.1, -0.05) is 25.5 Å². The lowest BCUT2D eigenvalue weighted by atomic mass is 9.81. The van der Waals surface area contributed by atoms with Gasteiger partial charge < -0.3 is 14.2 Å². The number of rotatable bonds is 5. The number of benzene rings is 1. The summed E-state index contributed by atoms with van der Waals surface area (Å²) < 4.78 is 17.2. The van der Waals surface area contributed by atoms with Gasteiger partial charge in [0.1, 0.15) is 11.9 Å². The van der Waals surface area contributed by atoms with Gasteiger partial charge in [-0.3, -0.25) is 4.79 Å². The van der Waals surface area contributed by atoms with Crippen molar-refractivity contribution in [2.45, 2.75) is 76.6 Å². The van der Waals surface area contributed by atoms with Gasteiger partial charge in [0, 0.05) is 18.8 Å². The van der Waals surface area contributed by atoms with Crippen LogP contribution in [0.5, 0.6) is 5.75 Å². The Hall–Kier alpha value is -1.55. The van der Waals surface area contributed by atoms with E-state index in [0.717, 1.165) is 50.9 Å². The van der Waals surface area contributed by atoms with Gasteiger partial charge in [-0.05, 0) is 49.8 Å². The van der Waals surface area contributed by atoms with Gasteiger partial charge in [-0.25, -0.2) is 0 Å². The maximum atomic E-state index is 11.7. The Bertz CT molecular complexity index is 519. The first-order chi connectivity index (χ1) is 11.8. The van der Waals surface area contributed by atoms with Crippen LogP contribution in [0.3, 0.4) is 0 Å². The molecule has 1 heterocycles. The van der Waals surface area contributed by atoms with Crippen molar-refractivity contribution >= 4 is 5.97 Å². The van der Waals surface area contributed by atoms with Gasteiger partial charge in [0.2, 0.25) is 0 Å². The average Bonchev–Trinajstić information content (AvgIpc) is 2.64. The molecule has 1 aliphatic carbocycles. The predicted molar refractivity (Wildman–Crippen MR) is 92.0 cm³/mol. The van der Waals surface area contributed by atoms with E-state index in [2.05, 4.69) is 12.1 Å². The van der Waals surface area contributed by atoms with Crippen LogP contribution in [-0.2, 0) is 14.3 Å². The van der Waals surface area contributed by atoms with Crippen molar-refractivity contribution in [2.75, 3.05) is 6.61 Å². The zero-order valence-corrected chi connectivity index (χ0v) is 14.5. The fraction of sp³-hybridized carbons (Fsp3) is 0.650. The summed E-state index contributed by atoms with van der Waals surface area (Å²) in [6.45, 7) is 2.63. The quantitative estimate of drug-likeness (QED) is 0.741. The molecule has 0 aromatic heterocycles. The highest BCUT2D eigenvalue weighted by atomic mass is 16.7. The molecule has 3 rings (SSSR count). The smallest absolute Gasteiger partial charge is 0.305 e. The molecule has 24 heavy (non-hydrogen) atoms. The highest BCUT2D eigenvalue weighted by Gasteiger charge is 2.29. The predicted octanol–water partition coefficient (Wildman–Crippen LogP) is 4.57. The Balaban J connectivity index is 1.63. The molecular formula is C20H28O4. The third-order valence-electron chi connectivity index (χ3n) is 4.99. The molecule has 0 radical (unpaired) electrons. The van der Waals surface area contributed by atoms with Gasteiger partial charge >= 0.3 is 5.97 Å². The largest absolute Gasteiger partial charge is 0.465 e. The van der Waals surface area contributed by atoms with Crippen LogP contribution in [0.15, 0.2) is 24.3 Å². The number of carbonyl (C=O) groups is 1. The molecule has 1 saturated carbocycles. The molecule has 1 aromatic rings. The fourth-order valence-corrected chi connectivity index (χ4v) is 3.62. The first-order valence-electron chi connectivity index (χ1n) is 9.34. The summed E-state index contributed by atoms with van der Waals surface area (Å²) in [4.78, 5) is 11.7. The second-order valence-electron chi connectivity index (χ2n) is 6.76. The Morgan fingerprint density at radius 1 is 1.08 bits per heavy atom. The monoisotopic (exact) mass is 332 g/mol. The maximum Gasteiger partial charge on any atom is 0.305 e. The molecule has 3 atom stereocenters. The van der Waals surface area contributed by atoms with Gasteiger partial charge in [-0.2, -0.15) is 0 Å². The van der Waals surface area contributed by atoms with Crippen LogP contribution in [0.1, 0.15) is 69.8 Å². The second kappa shape index (κ2) is 8.52. The summed E-state index contributed by atoms with van der Waals surface area (Å²) in [5.41, 5.74) is 1.24. The van der Waals surface area contributed by atoms with Crippen LogP contribution >= 0.6 is 0 Å². The lowest BCUT2D eigenvalue weighted by Gasteiger charge is -2.31. The Labute approximate surface area is 144 Å². The van der Waals surface area contributed by atoms with Crippen molar-refractivity contribution in [2.24, 2.45) is 0 Å². The van der Waals surface area contributed by atoms with Crippen LogP contribution in [-0.4, -0.2) is 25.0 Å². The molecule has 4 heteroatoms. The Kier molecular flexibility index (Phi) is 6.13. The third kappa shape index (κ3) is 4.50. The van der Waals surface area contributed by atoms with E-state index in [9.17, 15) is 4.79 Å². The summed E-state index contributed by atoms with van der Waals surface area (Å²) in [5, 5.41) is 0. The van der Waals surface area contributed by atoms with Crippen molar-refractivity contribution < 1.29 is 19.0 Å². The molecule has 2 aliphatic rings. The highest BCUT2D eigenvalue weighted by Crippen LogP contribution is 2.36. The van der Waals surface area contributed by atoms with Gasteiger partial charge in [-0.15, -0.1) is 0 Å². The van der Waals surface area contributed by atoms with Gasteiger partial charge in [0.05, 0.1) is 6.61 Å². The molecular weight excluding hydrogens is 304 g/mol. The summed E-state index contributed by atoms with van der Waals surface area (Å²) in [6, 6.07) is 8.25. The summed E-state index contributed by atoms with van der Waals surface area (Å²) in [6.07, 6.45) is 7.96. The fourth-order valence-electron chi connectivity index (χ4n) is 3.62. The molecule has 0 amide bonds. The number of esters is 1. The lowest BCUT2D eigenvalue weighted by Crippen LogP contribution is -2.28. The second-order valence-corrected chi connectivity index (χ2v) is 6.76. The van der Waals surface area contributed by atoms with E-state index in [4.69, 9.17) is 14.2 Å². The molecule has 2 fully saturated rings. The van der Waals surface area contributed by atoms with Crippen LogP contribution in [0.2, 0.25) is 0 Å². The van der Waals surface area contributed by atoms with E-state index in [1.807, 2.05) is 19.1 Å². The van der Waals surface area contributed by atoms with Gasteiger partial charge in [0.15, 0.2) is 6.29 Å². The van der Waals surface area contributed by atoms with Crippen molar-refractivity contribution in [3.63, 3.8) is 0 Å². The summed E-state index contributed by atoms with van der Waals surface area (Å²) >= 11 is 0. The van der Waals surface area contributed by atoms with E-state index in [0.29, 0.717) is 12.3 Å². The molecule has 1 saturated heterocycles.